The zero-order chi connectivity index (χ0) is 13.1. The SMILES string of the molecule is COCc1nc(-c2cccc(Cl)c2)[nH]c(=O)c1Br. The molecule has 0 spiro atoms. The topological polar surface area (TPSA) is 55.0 Å². The second-order valence-corrected chi connectivity index (χ2v) is 4.85. The predicted octanol–water partition coefficient (Wildman–Crippen LogP) is 3.00. The molecule has 4 nitrogen and oxygen atoms in total. The van der Waals surface area contributed by atoms with Crippen molar-refractivity contribution in [2.75, 3.05) is 7.11 Å². The Balaban J connectivity index is 2.55. The van der Waals surface area contributed by atoms with E-state index in [0.717, 1.165) is 5.56 Å². The van der Waals surface area contributed by atoms with Crippen LogP contribution in [0.25, 0.3) is 11.4 Å². The van der Waals surface area contributed by atoms with Crippen LogP contribution in [0.2, 0.25) is 5.02 Å². The number of aromatic amines is 1. The van der Waals surface area contributed by atoms with E-state index in [1.165, 1.54) is 0 Å². The van der Waals surface area contributed by atoms with Crippen molar-refractivity contribution < 1.29 is 4.74 Å². The highest BCUT2D eigenvalue weighted by Crippen LogP contribution is 2.20. The first-order valence-electron chi connectivity index (χ1n) is 5.15. The van der Waals surface area contributed by atoms with Crippen LogP contribution >= 0.6 is 27.5 Å². The number of benzene rings is 1. The maximum absolute atomic E-state index is 11.8. The molecule has 0 unspecified atom stereocenters. The number of ether oxygens (including phenoxy) is 1. The summed E-state index contributed by atoms with van der Waals surface area (Å²) in [5.74, 6) is 0.470. The summed E-state index contributed by atoms with van der Waals surface area (Å²) in [5.41, 5.74) is 1.06. The summed E-state index contributed by atoms with van der Waals surface area (Å²) >= 11 is 9.10. The van der Waals surface area contributed by atoms with Crippen LogP contribution in [0.15, 0.2) is 33.5 Å². The highest BCUT2D eigenvalue weighted by atomic mass is 79.9. The first-order valence-corrected chi connectivity index (χ1v) is 6.32. The van der Waals surface area contributed by atoms with E-state index in [0.29, 0.717) is 21.0 Å². The van der Waals surface area contributed by atoms with Crippen LogP contribution in [0.5, 0.6) is 0 Å². The minimum absolute atomic E-state index is 0.243. The Hall–Kier alpha value is -1.17. The summed E-state index contributed by atoms with van der Waals surface area (Å²) in [6, 6.07) is 7.13. The Labute approximate surface area is 117 Å². The number of nitrogens with one attached hydrogen (secondary N) is 1. The minimum atomic E-state index is -0.243. The second-order valence-electron chi connectivity index (χ2n) is 3.62. The van der Waals surface area contributed by atoms with Crippen LogP contribution in [-0.2, 0) is 11.3 Å². The van der Waals surface area contributed by atoms with Gasteiger partial charge in [0, 0.05) is 17.7 Å². The number of aromatic nitrogens is 2. The third-order valence-electron chi connectivity index (χ3n) is 2.31. The molecule has 94 valence electrons. The van der Waals surface area contributed by atoms with E-state index >= 15 is 0 Å². The minimum Gasteiger partial charge on any atom is -0.378 e. The van der Waals surface area contributed by atoms with Gasteiger partial charge in [-0.15, -0.1) is 0 Å². The van der Waals surface area contributed by atoms with Crippen LogP contribution in [-0.4, -0.2) is 17.1 Å². The quantitative estimate of drug-likeness (QED) is 0.942. The molecule has 0 atom stereocenters. The number of rotatable bonds is 3. The Morgan fingerprint density at radius 3 is 2.94 bits per heavy atom. The summed E-state index contributed by atoms with van der Waals surface area (Å²) in [5, 5.41) is 0.589. The van der Waals surface area contributed by atoms with Gasteiger partial charge in [-0.1, -0.05) is 23.7 Å². The highest BCUT2D eigenvalue weighted by Gasteiger charge is 2.10. The number of halogens is 2. The molecule has 1 aromatic carbocycles. The molecule has 0 saturated carbocycles. The molecular formula is C12H10BrClN2O2. The lowest BCUT2D eigenvalue weighted by atomic mass is 10.2. The van der Waals surface area contributed by atoms with Gasteiger partial charge in [0.2, 0.25) is 0 Å². The van der Waals surface area contributed by atoms with Gasteiger partial charge >= 0.3 is 0 Å². The standard InChI is InChI=1S/C12H10BrClN2O2/c1-18-6-9-10(13)12(17)16-11(15-9)7-3-2-4-8(14)5-7/h2-5H,6H2,1H3,(H,15,16,17). The van der Waals surface area contributed by atoms with Crippen molar-refractivity contribution in [2.24, 2.45) is 0 Å². The van der Waals surface area contributed by atoms with Crippen molar-refractivity contribution >= 4 is 27.5 Å². The van der Waals surface area contributed by atoms with Crippen LogP contribution in [0.3, 0.4) is 0 Å². The lowest BCUT2D eigenvalue weighted by molar-refractivity contribution is 0.180. The van der Waals surface area contributed by atoms with E-state index in [4.69, 9.17) is 16.3 Å². The van der Waals surface area contributed by atoms with E-state index < -0.39 is 0 Å². The fraction of sp³-hybridized carbons (Fsp3) is 0.167. The van der Waals surface area contributed by atoms with Gasteiger partial charge in [-0.2, -0.15) is 0 Å². The van der Waals surface area contributed by atoms with E-state index in [9.17, 15) is 4.79 Å². The fourth-order valence-corrected chi connectivity index (χ4v) is 2.00. The summed E-state index contributed by atoms with van der Waals surface area (Å²) in [6.07, 6.45) is 0. The van der Waals surface area contributed by atoms with Crippen molar-refractivity contribution in [1.29, 1.82) is 0 Å². The van der Waals surface area contributed by atoms with Crippen molar-refractivity contribution in [2.45, 2.75) is 6.61 Å². The molecular weight excluding hydrogens is 320 g/mol. The monoisotopic (exact) mass is 328 g/mol. The van der Waals surface area contributed by atoms with Crippen molar-refractivity contribution in [3.05, 3.63) is 49.8 Å². The third kappa shape index (κ3) is 2.80. The van der Waals surface area contributed by atoms with Crippen LogP contribution < -0.4 is 5.56 Å². The van der Waals surface area contributed by atoms with Gasteiger partial charge in [0.25, 0.3) is 5.56 Å². The van der Waals surface area contributed by atoms with Crippen LogP contribution in [0.4, 0.5) is 0 Å². The molecule has 0 aliphatic carbocycles. The van der Waals surface area contributed by atoms with E-state index in [1.54, 1.807) is 25.3 Å². The molecule has 0 saturated heterocycles. The molecule has 0 amide bonds. The second kappa shape index (κ2) is 5.65. The molecule has 0 bridgehead atoms. The maximum Gasteiger partial charge on any atom is 0.265 e. The summed E-state index contributed by atoms with van der Waals surface area (Å²) in [7, 11) is 1.55. The van der Waals surface area contributed by atoms with Gasteiger partial charge in [-0.25, -0.2) is 4.98 Å². The smallest absolute Gasteiger partial charge is 0.265 e. The molecule has 18 heavy (non-hydrogen) atoms. The molecule has 0 aliphatic heterocycles. The van der Waals surface area contributed by atoms with Crippen LogP contribution in [0.1, 0.15) is 5.69 Å². The van der Waals surface area contributed by atoms with Gasteiger partial charge in [0.15, 0.2) is 0 Å². The Bertz CT molecular complexity index is 628. The largest absolute Gasteiger partial charge is 0.378 e. The van der Waals surface area contributed by atoms with Gasteiger partial charge in [0.05, 0.1) is 12.3 Å². The zero-order valence-corrected chi connectivity index (χ0v) is 11.9. The summed E-state index contributed by atoms with van der Waals surface area (Å²) in [6.45, 7) is 0.262. The van der Waals surface area contributed by atoms with Gasteiger partial charge in [0.1, 0.15) is 10.3 Å². The molecule has 1 N–H and O–H groups in total. The van der Waals surface area contributed by atoms with Gasteiger partial charge < -0.3 is 9.72 Å². The molecule has 6 heteroatoms. The highest BCUT2D eigenvalue weighted by molar-refractivity contribution is 9.10. The fourth-order valence-electron chi connectivity index (χ4n) is 1.51. The van der Waals surface area contributed by atoms with Crippen molar-refractivity contribution in [3.63, 3.8) is 0 Å². The predicted molar refractivity (Wildman–Crippen MR) is 73.7 cm³/mol. The number of nitrogens with zero attached hydrogens (tertiary/aromatic N) is 1. The Kier molecular flexibility index (Phi) is 4.16. The maximum atomic E-state index is 11.8. The molecule has 1 aromatic heterocycles. The lowest BCUT2D eigenvalue weighted by Crippen LogP contribution is -2.14. The lowest BCUT2D eigenvalue weighted by Gasteiger charge is -2.06. The first kappa shape index (κ1) is 13.3. The average molecular weight is 330 g/mol. The third-order valence-corrected chi connectivity index (χ3v) is 3.36. The summed E-state index contributed by atoms with van der Waals surface area (Å²) in [4.78, 5) is 18.8. The number of H-pyrrole nitrogens is 1. The van der Waals surface area contributed by atoms with Crippen molar-refractivity contribution in [1.82, 2.24) is 9.97 Å². The Morgan fingerprint density at radius 2 is 2.28 bits per heavy atom. The van der Waals surface area contributed by atoms with E-state index in [-0.39, 0.29) is 12.2 Å². The first-order chi connectivity index (χ1) is 8.61. The summed E-state index contributed by atoms with van der Waals surface area (Å²) < 4.78 is 5.39. The molecule has 0 radical (unpaired) electrons. The van der Waals surface area contributed by atoms with Crippen LogP contribution in [0, 0.1) is 0 Å². The number of hydrogen-bond donors (Lipinski definition) is 1. The zero-order valence-electron chi connectivity index (χ0n) is 9.54. The number of methoxy groups -OCH3 is 1. The normalized spacial score (nSPS) is 10.6. The van der Waals surface area contributed by atoms with E-state index in [2.05, 4.69) is 25.9 Å². The molecule has 1 heterocycles. The van der Waals surface area contributed by atoms with Crippen molar-refractivity contribution in [3.8, 4) is 11.4 Å². The Morgan fingerprint density at radius 1 is 1.50 bits per heavy atom. The van der Waals surface area contributed by atoms with Gasteiger partial charge in [-0.3, -0.25) is 4.79 Å². The molecule has 2 rings (SSSR count). The van der Waals surface area contributed by atoms with Gasteiger partial charge in [-0.05, 0) is 28.1 Å². The molecule has 0 aliphatic rings. The number of hydrogen-bond acceptors (Lipinski definition) is 3. The van der Waals surface area contributed by atoms with E-state index in [1.807, 2.05) is 6.07 Å². The molecule has 2 aromatic rings. The average Bonchev–Trinajstić information content (AvgIpc) is 2.35. The molecule has 0 fully saturated rings.